The van der Waals surface area contributed by atoms with Gasteiger partial charge in [0.25, 0.3) is 0 Å². The predicted octanol–water partition coefficient (Wildman–Crippen LogP) is 1.70. The van der Waals surface area contributed by atoms with Crippen molar-refractivity contribution < 1.29 is 10.2 Å². The van der Waals surface area contributed by atoms with Crippen LogP contribution >= 0.6 is 0 Å². The molecule has 15 heavy (non-hydrogen) atoms. The quantitative estimate of drug-likeness (QED) is 0.647. The molecule has 4 N–H and O–H groups in total. The molecule has 0 aromatic heterocycles. The highest BCUT2D eigenvalue weighted by molar-refractivity contribution is 5.57. The lowest BCUT2D eigenvalue weighted by Gasteiger charge is -2.18. The van der Waals surface area contributed by atoms with Crippen molar-refractivity contribution in [1.29, 1.82) is 0 Å². The van der Waals surface area contributed by atoms with Crippen LogP contribution in [-0.2, 0) is 5.41 Å². The Balaban J connectivity index is 2.58. The van der Waals surface area contributed by atoms with Crippen molar-refractivity contribution in [1.82, 2.24) is 0 Å². The number of hydrogen-bond acceptors (Lipinski definition) is 3. The molecule has 3 nitrogen and oxygen atoms in total. The van der Waals surface area contributed by atoms with Crippen LogP contribution in [0.25, 0.3) is 0 Å². The minimum absolute atomic E-state index is 0.00438. The minimum Gasteiger partial charge on any atom is -0.504 e. The molecule has 1 saturated carbocycles. The van der Waals surface area contributed by atoms with Crippen LogP contribution in [0.15, 0.2) is 6.07 Å². The third-order valence-corrected chi connectivity index (χ3v) is 3.60. The van der Waals surface area contributed by atoms with Crippen LogP contribution in [-0.4, -0.2) is 16.8 Å². The van der Waals surface area contributed by atoms with Gasteiger partial charge in [-0.25, -0.2) is 0 Å². The fourth-order valence-electron chi connectivity index (χ4n) is 2.02. The lowest BCUT2D eigenvalue weighted by atomic mass is 9.91. The van der Waals surface area contributed by atoms with Crippen LogP contribution in [0, 0.1) is 13.8 Å². The van der Waals surface area contributed by atoms with Gasteiger partial charge in [-0.1, -0.05) is 6.07 Å². The van der Waals surface area contributed by atoms with Crippen LogP contribution in [0.2, 0.25) is 0 Å². The fraction of sp³-hybridized carbons (Fsp3) is 0.500. The standard InChI is InChI=1S/C12H17NO2/c1-7-5-9(12(6-13)3-4-12)11(15)10(14)8(7)2/h5,14-15H,3-4,6,13H2,1-2H3. The van der Waals surface area contributed by atoms with E-state index in [4.69, 9.17) is 5.73 Å². The molecule has 82 valence electrons. The van der Waals surface area contributed by atoms with Crippen molar-refractivity contribution in [2.45, 2.75) is 32.1 Å². The molecule has 0 saturated heterocycles. The molecule has 0 unspecified atom stereocenters. The molecule has 0 radical (unpaired) electrons. The maximum atomic E-state index is 9.90. The first kappa shape index (κ1) is 10.3. The average Bonchev–Trinajstić information content (AvgIpc) is 3.01. The number of aromatic hydroxyl groups is 2. The van der Waals surface area contributed by atoms with Gasteiger partial charge in [-0.05, 0) is 37.8 Å². The Labute approximate surface area is 89.5 Å². The summed E-state index contributed by atoms with van der Waals surface area (Å²) < 4.78 is 0. The fourth-order valence-corrected chi connectivity index (χ4v) is 2.02. The Kier molecular flexibility index (Phi) is 2.15. The number of benzene rings is 1. The van der Waals surface area contributed by atoms with Crippen LogP contribution in [0.4, 0.5) is 0 Å². The molecule has 0 amide bonds. The third kappa shape index (κ3) is 1.38. The number of nitrogens with two attached hydrogens (primary N) is 1. The van der Waals surface area contributed by atoms with E-state index in [1.54, 1.807) is 6.92 Å². The molecule has 2 rings (SSSR count). The van der Waals surface area contributed by atoms with Crippen molar-refractivity contribution in [3.63, 3.8) is 0 Å². The summed E-state index contributed by atoms with van der Waals surface area (Å²) in [4.78, 5) is 0. The molecule has 1 aliphatic rings. The Bertz CT molecular complexity index is 409. The number of phenols is 2. The van der Waals surface area contributed by atoms with Gasteiger partial charge in [0.15, 0.2) is 11.5 Å². The highest BCUT2D eigenvalue weighted by Crippen LogP contribution is 2.53. The molecule has 0 bridgehead atoms. The molecule has 0 atom stereocenters. The zero-order valence-electron chi connectivity index (χ0n) is 9.17. The number of rotatable bonds is 2. The van der Waals surface area contributed by atoms with Gasteiger partial charge in [0.1, 0.15) is 0 Å². The molecule has 1 fully saturated rings. The van der Waals surface area contributed by atoms with E-state index in [1.807, 2.05) is 13.0 Å². The number of hydrogen-bond donors (Lipinski definition) is 3. The van der Waals surface area contributed by atoms with Crippen molar-refractivity contribution >= 4 is 0 Å². The molecule has 1 aromatic carbocycles. The van der Waals surface area contributed by atoms with E-state index >= 15 is 0 Å². The van der Waals surface area contributed by atoms with Gasteiger partial charge in [0.2, 0.25) is 0 Å². The minimum atomic E-state index is -0.0833. The van der Waals surface area contributed by atoms with E-state index in [1.165, 1.54) is 0 Å². The maximum Gasteiger partial charge on any atom is 0.161 e. The lowest BCUT2D eigenvalue weighted by Crippen LogP contribution is -2.20. The highest BCUT2D eigenvalue weighted by atomic mass is 16.3. The van der Waals surface area contributed by atoms with Crippen molar-refractivity contribution in [3.8, 4) is 11.5 Å². The van der Waals surface area contributed by atoms with Crippen LogP contribution in [0.1, 0.15) is 29.5 Å². The van der Waals surface area contributed by atoms with E-state index in [2.05, 4.69) is 0 Å². The average molecular weight is 207 g/mol. The monoisotopic (exact) mass is 207 g/mol. The van der Waals surface area contributed by atoms with Crippen molar-refractivity contribution in [3.05, 3.63) is 22.8 Å². The summed E-state index contributed by atoms with van der Waals surface area (Å²) in [6.45, 7) is 4.27. The summed E-state index contributed by atoms with van der Waals surface area (Å²) in [5, 5.41) is 19.7. The third-order valence-electron chi connectivity index (χ3n) is 3.60. The van der Waals surface area contributed by atoms with Gasteiger partial charge in [0, 0.05) is 17.5 Å². The van der Waals surface area contributed by atoms with Gasteiger partial charge >= 0.3 is 0 Å². The van der Waals surface area contributed by atoms with Crippen molar-refractivity contribution in [2.75, 3.05) is 6.54 Å². The summed E-state index contributed by atoms with van der Waals surface area (Å²) >= 11 is 0. The van der Waals surface area contributed by atoms with Gasteiger partial charge < -0.3 is 15.9 Å². The molecule has 3 heteroatoms. The molecule has 0 spiro atoms. The molecule has 1 aliphatic carbocycles. The summed E-state index contributed by atoms with van der Waals surface area (Å²) in [7, 11) is 0. The lowest BCUT2D eigenvalue weighted by molar-refractivity contribution is 0.391. The first-order valence-electron chi connectivity index (χ1n) is 5.24. The Morgan fingerprint density at radius 2 is 1.87 bits per heavy atom. The van der Waals surface area contributed by atoms with E-state index in [-0.39, 0.29) is 16.9 Å². The van der Waals surface area contributed by atoms with E-state index in [0.29, 0.717) is 6.54 Å². The normalized spacial score (nSPS) is 17.8. The molecule has 0 aliphatic heterocycles. The van der Waals surface area contributed by atoms with Gasteiger partial charge in [-0.3, -0.25) is 0 Å². The topological polar surface area (TPSA) is 66.5 Å². The number of aryl methyl sites for hydroxylation is 1. The summed E-state index contributed by atoms with van der Waals surface area (Å²) in [5.41, 5.74) is 8.18. The van der Waals surface area contributed by atoms with E-state index in [0.717, 1.165) is 29.5 Å². The SMILES string of the molecule is Cc1cc(C2(CN)CC2)c(O)c(O)c1C. The largest absolute Gasteiger partial charge is 0.504 e. The van der Waals surface area contributed by atoms with E-state index < -0.39 is 0 Å². The molecule has 0 heterocycles. The van der Waals surface area contributed by atoms with Gasteiger partial charge in [-0.2, -0.15) is 0 Å². The Morgan fingerprint density at radius 3 is 2.33 bits per heavy atom. The van der Waals surface area contributed by atoms with Crippen molar-refractivity contribution in [2.24, 2.45) is 5.73 Å². The van der Waals surface area contributed by atoms with Gasteiger partial charge in [0.05, 0.1) is 0 Å². The smallest absolute Gasteiger partial charge is 0.161 e. The Hall–Kier alpha value is -1.22. The molecular formula is C12H17NO2. The van der Waals surface area contributed by atoms with Crippen LogP contribution in [0.3, 0.4) is 0 Å². The second-order valence-corrected chi connectivity index (χ2v) is 4.55. The summed E-state index contributed by atoms with van der Waals surface area (Å²) in [6.07, 6.45) is 2.00. The predicted molar refractivity (Wildman–Crippen MR) is 59.2 cm³/mol. The molecule has 1 aromatic rings. The van der Waals surface area contributed by atoms with Crippen LogP contribution < -0.4 is 5.73 Å². The number of phenolic OH excluding ortho intramolecular Hbond substituents is 2. The van der Waals surface area contributed by atoms with Crippen LogP contribution in [0.5, 0.6) is 11.5 Å². The zero-order valence-corrected chi connectivity index (χ0v) is 9.17. The first-order valence-corrected chi connectivity index (χ1v) is 5.24. The summed E-state index contributed by atoms with van der Waals surface area (Å²) in [6, 6.07) is 1.95. The molecular weight excluding hydrogens is 190 g/mol. The highest BCUT2D eigenvalue weighted by Gasteiger charge is 2.45. The van der Waals surface area contributed by atoms with E-state index in [9.17, 15) is 10.2 Å². The zero-order chi connectivity index (χ0) is 11.2. The summed E-state index contributed by atoms with van der Waals surface area (Å²) in [5.74, 6) is 0.0192. The van der Waals surface area contributed by atoms with Gasteiger partial charge in [-0.15, -0.1) is 0 Å². The Morgan fingerprint density at radius 1 is 1.27 bits per heavy atom. The second kappa shape index (κ2) is 3.14. The maximum absolute atomic E-state index is 9.90. The second-order valence-electron chi connectivity index (χ2n) is 4.55. The first-order chi connectivity index (χ1) is 7.02.